The van der Waals surface area contributed by atoms with E-state index in [2.05, 4.69) is 5.32 Å². The molecule has 0 saturated carbocycles. The molecule has 1 saturated heterocycles. The molecule has 0 amide bonds. The normalized spacial score (nSPS) is 22.4. The molecule has 0 aromatic carbocycles. The van der Waals surface area contributed by atoms with Crippen LogP contribution in [0.1, 0.15) is 19.8 Å². The average molecular weight is 317 g/mol. The fourth-order valence-corrected chi connectivity index (χ4v) is 4.13. The first-order valence-electron chi connectivity index (χ1n) is 6.67. The molecule has 20 heavy (non-hydrogen) atoms. The first-order valence-corrected chi connectivity index (χ1v) is 8.07. The lowest BCUT2D eigenvalue weighted by molar-refractivity contribution is -0.136. The zero-order valence-electron chi connectivity index (χ0n) is 11.8. The minimum Gasteiger partial charge on any atom is -0.319 e. The third-order valence-electron chi connectivity index (χ3n) is 3.34. The summed E-state index contributed by atoms with van der Waals surface area (Å²) in [5, 5.41) is 2.98. The third-order valence-corrected chi connectivity index (χ3v) is 5.36. The maximum Gasteiger partial charge on any atom is 0.402 e. The number of nitrogens with one attached hydrogen (secondary N) is 1. The largest absolute Gasteiger partial charge is 0.402 e. The Morgan fingerprint density at radius 3 is 2.55 bits per heavy atom. The van der Waals surface area contributed by atoms with Crippen molar-refractivity contribution in [2.45, 2.75) is 25.9 Å². The van der Waals surface area contributed by atoms with Gasteiger partial charge in [-0.2, -0.15) is 30.2 Å². The first kappa shape index (κ1) is 17.7. The van der Waals surface area contributed by atoms with Gasteiger partial charge in [0.2, 0.25) is 0 Å². The van der Waals surface area contributed by atoms with Gasteiger partial charge < -0.3 is 5.32 Å². The molecule has 1 aliphatic heterocycles. The van der Waals surface area contributed by atoms with Crippen LogP contribution in [0, 0.1) is 5.92 Å². The topological polar surface area (TPSA) is 52.7 Å². The van der Waals surface area contributed by atoms with Crippen LogP contribution in [-0.4, -0.2) is 63.0 Å². The van der Waals surface area contributed by atoms with Gasteiger partial charge in [-0.1, -0.05) is 6.92 Å². The van der Waals surface area contributed by atoms with Gasteiger partial charge in [-0.25, -0.2) is 0 Å². The summed E-state index contributed by atoms with van der Waals surface area (Å²) in [7, 11) is -2.27. The van der Waals surface area contributed by atoms with Gasteiger partial charge in [0.25, 0.3) is 10.2 Å². The smallest absolute Gasteiger partial charge is 0.319 e. The van der Waals surface area contributed by atoms with Gasteiger partial charge in [-0.05, 0) is 32.4 Å². The lowest BCUT2D eigenvalue weighted by Gasteiger charge is -2.35. The van der Waals surface area contributed by atoms with Gasteiger partial charge >= 0.3 is 6.18 Å². The van der Waals surface area contributed by atoms with Gasteiger partial charge in [0.05, 0.1) is 0 Å². The maximum absolute atomic E-state index is 12.5. The SMILES string of the molecule is CCN(CC(F)(F)F)S(=O)(=O)N1CCCC(CNC)C1. The molecule has 0 aromatic heterocycles. The molecule has 1 N–H and O–H groups in total. The molecule has 1 aliphatic rings. The predicted molar refractivity (Wildman–Crippen MR) is 70.4 cm³/mol. The van der Waals surface area contributed by atoms with E-state index in [0.717, 1.165) is 6.42 Å². The predicted octanol–water partition coefficient (Wildman–Crippen LogP) is 1.05. The number of hydrogen-bond acceptors (Lipinski definition) is 3. The van der Waals surface area contributed by atoms with Crippen molar-refractivity contribution in [3.8, 4) is 0 Å². The van der Waals surface area contributed by atoms with E-state index in [-0.39, 0.29) is 25.6 Å². The fourth-order valence-electron chi connectivity index (χ4n) is 2.41. The highest BCUT2D eigenvalue weighted by Crippen LogP contribution is 2.24. The van der Waals surface area contributed by atoms with E-state index < -0.39 is 22.9 Å². The fraction of sp³-hybridized carbons (Fsp3) is 1.00. The maximum atomic E-state index is 12.5. The Balaban J connectivity index is 2.79. The zero-order chi connectivity index (χ0) is 15.4. The lowest BCUT2D eigenvalue weighted by atomic mass is 10.00. The second-order valence-corrected chi connectivity index (χ2v) is 6.90. The van der Waals surface area contributed by atoms with E-state index in [1.807, 2.05) is 0 Å². The van der Waals surface area contributed by atoms with E-state index in [0.29, 0.717) is 17.3 Å². The standard InChI is InChI=1S/C11H22F3N3O2S/c1-3-16(9-11(12,13)14)20(18,19)17-6-4-5-10(8-17)7-15-2/h10,15H,3-9H2,1-2H3. The Morgan fingerprint density at radius 2 is 2.05 bits per heavy atom. The molecule has 0 aliphatic carbocycles. The van der Waals surface area contributed by atoms with Crippen molar-refractivity contribution in [2.75, 3.05) is 39.8 Å². The number of hydrogen-bond donors (Lipinski definition) is 1. The van der Waals surface area contributed by atoms with Crippen molar-refractivity contribution in [1.82, 2.24) is 13.9 Å². The Kier molecular flexibility index (Phi) is 6.24. The van der Waals surface area contributed by atoms with Crippen LogP contribution in [0.15, 0.2) is 0 Å². The van der Waals surface area contributed by atoms with E-state index >= 15 is 0 Å². The Morgan fingerprint density at radius 1 is 1.40 bits per heavy atom. The minimum atomic E-state index is -4.52. The third kappa shape index (κ3) is 4.87. The van der Waals surface area contributed by atoms with Crippen LogP contribution in [0.2, 0.25) is 0 Å². The van der Waals surface area contributed by atoms with Gasteiger partial charge in [0, 0.05) is 19.6 Å². The summed E-state index contributed by atoms with van der Waals surface area (Å²) in [5.74, 6) is 0.146. The molecular formula is C11H22F3N3O2S. The van der Waals surface area contributed by atoms with Gasteiger partial charge in [-0.3, -0.25) is 0 Å². The highest BCUT2D eigenvalue weighted by molar-refractivity contribution is 7.86. The summed E-state index contributed by atoms with van der Waals surface area (Å²) in [5.41, 5.74) is 0. The Bertz CT molecular complexity index is 398. The van der Waals surface area contributed by atoms with Crippen molar-refractivity contribution in [2.24, 2.45) is 5.92 Å². The molecule has 0 aromatic rings. The number of halogens is 3. The van der Waals surface area contributed by atoms with Crippen LogP contribution in [-0.2, 0) is 10.2 Å². The van der Waals surface area contributed by atoms with Crippen LogP contribution in [0.25, 0.3) is 0 Å². The molecule has 1 unspecified atom stereocenters. The van der Waals surface area contributed by atoms with Crippen LogP contribution in [0.5, 0.6) is 0 Å². The molecular weight excluding hydrogens is 295 g/mol. The number of piperidine rings is 1. The summed E-state index contributed by atoms with van der Waals surface area (Å²) in [6.45, 7) is 1.03. The van der Waals surface area contributed by atoms with Gasteiger partial charge in [0.15, 0.2) is 0 Å². The second-order valence-electron chi connectivity index (χ2n) is 4.97. The van der Waals surface area contributed by atoms with Crippen LogP contribution >= 0.6 is 0 Å². The van der Waals surface area contributed by atoms with Crippen molar-refractivity contribution >= 4 is 10.2 Å². The van der Waals surface area contributed by atoms with Gasteiger partial charge in [-0.15, -0.1) is 0 Å². The van der Waals surface area contributed by atoms with Crippen molar-refractivity contribution in [3.63, 3.8) is 0 Å². The molecule has 1 rings (SSSR count). The molecule has 9 heteroatoms. The summed E-state index contributed by atoms with van der Waals surface area (Å²) in [6.07, 6.45) is -2.96. The Labute approximate surface area is 118 Å². The van der Waals surface area contributed by atoms with E-state index in [4.69, 9.17) is 0 Å². The van der Waals surface area contributed by atoms with Crippen LogP contribution < -0.4 is 5.32 Å². The quantitative estimate of drug-likeness (QED) is 0.797. The number of nitrogens with zero attached hydrogens (tertiary/aromatic N) is 2. The minimum absolute atomic E-state index is 0.146. The monoisotopic (exact) mass is 317 g/mol. The van der Waals surface area contributed by atoms with E-state index in [9.17, 15) is 21.6 Å². The molecule has 120 valence electrons. The summed E-state index contributed by atoms with van der Waals surface area (Å²) in [4.78, 5) is 0. The number of alkyl halides is 3. The summed E-state index contributed by atoms with van der Waals surface area (Å²) in [6, 6.07) is 0. The van der Waals surface area contributed by atoms with Crippen molar-refractivity contribution in [1.29, 1.82) is 0 Å². The molecule has 0 radical (unpaired) electrons. The average Bonchev–Trinajstić information content (AvgIpc) is 2.35. The van der Waals surface area contributed by atoms with Crippen molar-refractivity contribution in [3.05, 3.63) is 0 Å². The van der Waals surface area contributed by atoms with E-state index in [1.165, 1.54) is 11.2 Å². The molecule has 5 nitrogen and oxygen atoms in total. The molecule has 0 spiro atoms. The molecule has 0 bridgehead atoms. The molecule has 1 fully saturated rings. The highest BCUT2D eigenvalue weighted by atomic mass is 32.2. The Hall–Kier alpha value is -0.380. The molecule has 1 heterocycles. The second kappa shape index (κ2) is 7.06. The van der Waals surface area contributed by atoms with Crippen LogP contribution in [0.3, 0.4) is 0 Å². The summed E-state index contributed by atoms with van der Waals surface area (Å²) >= 11 is 0. The first-order chi connectivity index (χ1) is 9.20. The van der Waals surface area contributed by atoms with Crippen LogP contribution in [0.4, 0.5) is 13.2 Å². The lowest BCUT2D eigenvalue weighted by Crippen LogP contribution is -2.51. The molecule has 1 atom stereocenters. The highest BCUT2D eigenvalue weighted by Gasteiger charge is 2.39. The zero-order valence-corrected chi connectivity index (χ0v) is 12.6. The van der Waals surface area contributed by atoms with E-state index in [1.54, 1.807) is 7.05 Å². The van der Waals surface area contributed by atoms with Crippen molar-refractivity contribution < 1.29 is 21.6 Å². The summed E-state index contributed by atoms with van der Waals surface area (Å²) < 4.78 is 63.6. The number of rotatable bonds is 6. The van der Waals surface area contributed by atoms with Gasteiger partial charge in [0.1, 0.15) is 6.54 Å².